The minimum atomic E-state index is -0.388. The van der Waals surface area contributed by atoms with E-state index < -0.39 is 0 Å². The van der Waals surface area contributed by atoms with Crippen molar-refractivity contribution >= 4 is 23.2 Å². The van der Waals surface area contributed by atoms with Gasteiger partial charge >= 0.3 is 5.97 Å². The molecule has 1 fully saturated rings. The van der Waals surface area contributed by atoms with Gasteiger partial charge < -0.3 is 9.64 Å². The number of piperidine rings is 1. The van der Waals surface area contributed by atoms with Crippen LogP contribution in [0.3, 0.4) is 0 Å². The van der Waals surface area contributed by atoms with Crippen LogP contribution in [0.25, 0.3) is 0 Å². The maximum Gasteiger partial charge on any atom is 0.328 e. The fourth-order valence-electron chi connectivity index (χ4n) is 2.38. The first kappa shape index (κ1) is 14.1. The summed E-state index contributed by atoms with van der Waals surface area (Å²) in [5, 5.41) is 1.96. The first-order chi connectivity index (χ1) is 9.22. The van der Waals surface area contributed by atoms with E-state index in [0.717, 1.165) is 24.1 Å². The Bertz CT molecular complexity index is 430. The zero-order valence-corrected chi connectivity index (χ0v) is 11.9. The SMILES string of the molecule is CCOC(=O)C1CCCCN1C(=O)Cc1cccs1. The summed E-state index contributed by atoms with van der Waals surface area (Å²) >= 11 is 1.57. The zero-order valence-electron chi connectivity index (χ0n) is 11.1. The number of hydrogen-bond acceptors (Lipinski definition) is 4. The second kappa shape index (κ2) is 6.70. The molecule has 0 saturated carbocycles. The summed E-state index contributed by atoms with van der Waals surface area (Å²) in [5.74, 6) is -0.234. The van der Waals surface area contributed by atoms with Crippen molar-refractivity contribution in [3.63, 3.8) is 0 Å². The molecule has 1 aromatic heterocycles. The average molecular weight is 281 g/mol. The molecule has 1 amide bonds. The van der Waals surface area contributed by atoms with Crippen LogP contribution in [-0.4, -0.2) is 36.0 Å². The molecule has 0 aromatic carbocycles. The van der Waals surface area contributed by atoms with Gasteiger partial charge in [0.1, 0.15) is 6.04 Å². The number of amides is 1. The van der Waals surface area contributed by atoms with E-state index >= 15 is 0 Å². The van der Waals surface area contributed by atoms with Crippen molar-refractivity contribution < 1.29 is 14.3 Å². The first-order valence-corrected chi connectivity index (χ1v) is 7.59. The molecule has 1 aliphatic heterocycles. The predicted octanol–water partition coefficient (Wildman–Crippen LogP) is 2.23. The molecule has 1 aliphatic rings. The van der Waals surface area contributed by atoms with E-state index in [4.69, 9.17) is 4.74 Å². The molecule has 2 heterocycles. The summed E-state index contributed by atoms with van der Waals surface area (Å²) in [6.07, 6.45) is 3.04. The number of carbonyl (C=O) groups excluding carboxylic acids is 2. The van der Waals surface area contributed by atoms with Gasteiger partial charge in [-0.2, -0.15) is 0 Å². The summed E-state index contributed by atoms with van der Waals surface area (Å²) in [5.41, 5.74) is 0. The Balaban J connectivity index is 2.02. The summed E-state index contributed by atoms with van der Waals surface area (Å²) in [4.78, 5) is 26.9. The summed E-state index contributed by atoms with van der Waals surface area (Å²) in [6.45, 7) is 2.81. The molecule has 1 aromatic rings. The van der Waals surface area contributed by atoms with Crippen molar-refractivity contribution in [2.45, 2.75) is 38.6 Å². The molecular formula is C14H19NO3S. The average Bonchev–Trinajstić information content (AvgIpc) is 2.92. The lowest BCUT2D eigenvalue weighted by atomic mass is 10.0. The molecule has 2 rings (SSSR count). The number of esters is 1. The standard InChI is InChI=1S/C14H19NO3S/c1-2-18-14(17)12-7-3-4-8-15(12)13(16)10-11-6-5-9-19-11/h5-6,9,12H,2-4,7-8,10H2,1H3. The predicted molar refractivity (Wildman–Crippen MR) is 74.0 cm³/mol. The first-order valence-electron chi connectivity index (χ1n) is 6.71. The van der Waals surface area contributed by atoms with E-state index in [9.17, 15) is 9.59 Å². The molecule has 0 spiro atoms. The van der Waals surface area contributed by atoms with Gasteiger partial charge in [-0.1, -0.05) is 6.07 Å². The highest BCUT2D eigenvalue weighted by atomic mass is 32.1. The Hall–Kier alpha value is -1.36. The topological polar surface area (TPSA) is 46.6 Å². The minimum Gasteiger partial charge on any atom is -0.464 e. The number of thiophene rings is 1. The monoisotopic (exact) mass is 281 g/mol. The van der Waals surface area contributed by atoms with Gasteiger partial charge in [-0.15, -0.1) is 11.3 Å². The van der Waals surface area contributed by atoms with E-state index in [2.05, 4.69) is 0 Å². The highest BCUT2D eigenvalue weighted by molar-refractivity contribution is 7.10. The van der Waals surface area contributed by atoms with E-state index in [0.29, 0.717) is 19.6 Å². The number of hydrogen-bond donors (Lipinski definition) is 0. The number of rotatable bonds is 4. The lowest BCUT2D eigenvalue weighted by Gasteiger charge is -2.34. The van der Waals surface area contributed by atoms with E-state index in [1.54, 1.807) is 23.2 Å². The van der Waals surface area contributed by atoms with Gasteiger partial charge in [-0.3, -0.25) is 4.79 Å². The van der Waals surface area contributed by atoms with Crippen LogP contribution in [0.4, 0.5) is 0 Å². The molecule has 1 unspecified atom stereocenters. The summed E-state index contributed by atoms with van der Waals surface area (Å²) in [6, 6.07) is 3.50. The second-order valence-electron chi connectivity index (χ2n) is 4.61. The molecule has 4 nitrogen and oxygen atoms in total. The van der Waals surface area contributed by atoms with Crippen molar-refractivity contribution in [2.24, 2.45) is 0 Å². The van der Waals surface area contributed by atoms with Crippen LogP contribution in [-0.2, 0) is 20.7 Å². The van der Waals surface area contributed by atoms with Gasteiger partial charge in [0.15, 0.2) is 0 Å². The van der Waals surface area contributed by atoms with Crippen molar-refractivity contribution in [1.82, 2.24) is 4.90 Å². The van der Waals surface area contributed by atoms with E-state index in [-0.39, 0.29) is 17.9 Å². The van der Waals surface area contributed by atoms with Crippen molar-refractivity contribution in [3.8, 4) is 0 Å². The zero-order chi connectivity index (χ0) is 13.7. The van der Waals surface area contributed by atoms with Crippen LogP contribution in [0.2, 0.25) is 0 Å². The number of likely N-dealkylation sites (tertiary alicyclic amines) is 1. The third-order valence-electron chi connectivity index (χ3n) is 3.29. The molecule has 0 bridgehead atoms. The van der Waals surface area contributed by atoms with Gasteiger partial charge in [0.05, 0.1) is 13.0 Å². The van der Waals surface area contributed by atoms with Crippen LogP contribution >= 0.6 is 11.3 Å². The van der Waals surface area contributed by atoms with Crippen LogP contribution in [0.15, 0.2) is 17.5 Å². The lowest BCUT2D eigenvalue weighted by Crippen LogP contribution is -2.49. The molecule has 1 atom stereocenters. The van der Waals surface area contributed by atoms with Crippen LogP contribution < -0.4 is 0 Å². The van der Waals surface area contributed by atoms with Crippen molar-refractivity contribution in [2.75, 3.05) is 13.2 Å². The molecular weight excluding hydrogens is 262 g/mol. The third kappa shape index (κ3) is 3.56. The Morgan fingerprint density at radius 3 is 3.00 bits per heavy atom. The molecule has 0 radical (unpaired) electrons. The molecule has 5 heteroatoms. The van der Waals surface area contributed by atoms with Gasteiger partial charge in [-0.25, -0.2) is 4.79 Å². The quantitative estimate of drug-likeness (QED) is 0.795. The highest BCUT2D eigenvalue weighted by Crippen LogP contribution is 2.20. The minimum absolute atomic E-state index is 0.0280. The van der Waals surface area contributed by atoms with Gasteiger partial charge in [0.2, 0.25) is 5.91 Å². The molecule has 0 N–H and O–H groups in total. The molecule has 104 valence electrons. The molecule has 1 saturated heterocycles. The number of carbonyl (C=O) groups is 2. The Morgan fingerprint density at radius 2 is 2.32 bits per heavy atom. The van der Waals surface area contributed by atoms with Crippen LogP contribution in [0.1, 0.15) is 31.1 Å². The normalized spacial score (nSPS) is 19.2. The maximum absolute atomic E-state index is 12.3. The number of ether oxygens (including phenoxy) is 1. The second-order valence-corrected chi connectivity index (χ2v) is 5.64. The highest BCUT2D eigenvalue weighted by Gasteiger charge is 2.32. The fraction of sp³-hybridized carbons (Fsp3) is 0.571. The largest absolute Gasteiger partial charge is 0.464 e. The lowest BCUT2D eigenvalue weighted by molar-refractivity contribution is -0.156. The van der Waals surface area contributed by atoms with Gasteiger partial charge in [-0.05, 0) is 37.6 Å². The molecule has 19 heavy (non-hydrogen) atoms. The molecule has 0 aliphatic carbocycles. The van der Waals surface area contributed by atoms with Gasteiger partial charge in [0.25, 0.3) is 0 Å². The summed E-state index contributed by atoms with van der Waals surface area (Å²) < 4.78 is 5.07. The Morgan fingerprint density at radius 1 is 1.47 bits per heavy atom. The van der Waals surface area contributed by atoms with Gasteiger partial charge in [0, 0.05) is 11.4 Å². The van der Waals surface area contributed by atoms with Crippen molar-refractivity contribution in [3.05, 3.63) is 22.4 Å². The van der Waals surface area contributed by atoms with E-state index in [1.165, 1.54) is 0 Å². The maximum atomic E-state index is 12.3. The Kier molecular flexibility index (Phi) is 4.96. The Labute approximate surface area is 117 Å². The van der Waals surface area contributed by atoms with Crippen LogP contribution in [0, 0.1) is 0 Å². The van der Waals surface area contributed by atoms with Crippen LogP contribution in [0.5, 0.6) is 0 Å². The smallest absolute Gasteiger partial charge is 0.328 e. The fourth-order valence-corrected chi connectivity index (χ4v) is 3.07. The third-order valence-corrected chi connectivity index (χ3v) is 4.16. The van der Waals surface area contributed by atoms with Crippen molar-refractivity contribution in [1.29, 1.82) is 0 Å². The summed E-state index contributed by atoms with van der Waals surface area (Å²) in [7, 11) is 0. The number of nitrogens with zero attached hydrogens (tertiary/aromatic N) is 1. The van der Waals surface area contributed by atoms with E-state index in [1.807, 2.05) is 17.5 Å².